The Morgan fingerprint density at radius 3 is 2.17 bits per heavy atom. The van der Waals surface area contributed by atoms with Crippen LogP contribution in [0.3, 0.4) is 0 Å². The molecule has 184 valence electrons. The van der Waals surface area contributed by atoms with Crippen molar-refractivity contribution in [3.8, 4) is 0 Å². The van der Waals surface area contributed by atoms with Gasteiger partial charge in [-0.2, -0.15) is 0 Å². The number of rotatable bonds is 8. The summed E-state index contributed by atoms with van der Waals surface area (Å²) in [6.07, 6.45) is 0.245. The molecule has 2 aromatic rings. The van der Waals surface area contributed by atoms with Gasteiger partial charge in [-0.25, -0.2) is 14.4 Å². The molecule has 1 heterocycles. The van der Waals surface area contributed by atoms with Crippen LogP contribution in [0.25, 0.3) is 0 Å². The third kappa shape index (κ3) is 6.11. The summed E-state index contributed by atoms with van der Waals surface area (Å²) in [5, 5.41) is 13.3. The van der Waals surface area contributed by atoms with E-state index in [2.05, 4.69) is 5.32 Å². The number of ether oxygens (including phenoxy) is 2. The maximum Gasteiger partial charge on any atom is 0.338 e. The number of allylic oxidation sites excluding steroid dienone is 2. The summed E-state index contributed by atoms with van der Waals surface area (Å²) in [5.74, 6) is -3.22. The molecule has 0 amide bonds. The molecule has 1 aliphatic rings. The van der Waals surface area contributed by atoms with Gasteiger partial charge in [-0.05, 0) is 51.5 Å². The van der Waals surface area contributed by atoms with E-state index in [0.717, 1.165) is 0 Å². The van der Waals surface area contributed by atoms with Crippen LogP contribution in [-0.2, 0) is 19.1 Å². The minimum absolute atomic E-state index is 0.0187. The molecule has 35 heavy (non-hydrogen) atoms. The van der Waals surface area contributed by atoms with E-state index >= 15 is 0 Å². The van der Waals surface area contributed by atoms with Crippen LogP contribution >= 0.6 is 11.6 Å². The zero-order chi connectivity index (χ0) is 25.8. The summed E-state index contributed by atoms with van der Waals surface area (Å²) in [4.78, 5) is 37.8. The van der Waals surface area contributed by atoms with E-state index in [1.807, 2.05) is 0 Å². The fourth-order valence-electron chi connectivity index (χ4n) is 3.97. The normalized spacial score (nSPS) is 16.0. The summed E-state index contributed by atoms with van der Waals surface area (Å²) in [6, 6.07) is 15.4. The molecule has 1 aliphatic heterocycles. The summed E-state index contributed by atoms with van der Waals surface area (Å²) in [7, 11) is 0. The summed E-state index contributed by atoms with van der Waals surface area (Å²) in [6.45, 7) is 6.78. The van der Waals surface area contributed by atoms with Crippen molar-refractivity contribution in [2.45, 2.75) is 45.6 Å². The number of carbonyl (C=O) groups is 3. The quantitative estimate of drug-likeness (QED) is 0.481. The molecule has 1 unspecified atom stereocenters. The van der Waals surface area contributed by atoms with Gasteiger partial charge in [-0.15, -0.1) is 0 Å². The Morgan fingerprint density at radius 2 is 1.54 bits per heavy atom. The van der Waals surface area contributed by atoms with Crippen molar-refractivity contribution in [3.05, 3.63) is 93.3 Å². The van der Waals surface area contributed by atoms with Crippen LogP contribution in [0.2, 0.25) is 5.02 Å². The Morgan fingerprint density at radius 1 is 0.943 bits per heavy atom. The first-order valence-electron chi connectivity index (χ1n) is 11.1. The predicted octanol–water partition coefficient (Wildman–Crippen LogP) is 5.23. The van der Waals surface area contributed by atoms with Crippen LogP contribution in [0.5, 0.6) is 0 Å². The average Bonchev–Trinajstić information content (AvgIpc) is 2.78. The molecule has 7 nitrogen and oxygen atoms in total. The van der Waals surface area contributed by atoms with Crippen molar-refractivity contribution in [3.63, 3.8) is 0 Å². The van der Waals surface area contributed by atoms with Gasteiger partial charge in [0.15, 0.2) is 0 Å². The Bertz CT molecular complexity index is 1200. The molecule has 2 N–H and O–H groups in total. The van der Waals surface area contributed by atoms with E-state index in [0.29, 0.717) is 27.5 Å². The number of carboxylic acids is 1. The van der Waals surface area contributed by atoms with Crippen LogP contribution in [0.15, 0.2) is 77.1 Å². The van der Waals surface area contributed by atoms with Crippen molar-refractivity contribution >= 4 is 29.5 Å². The number of nitrogens with one attached hydrogen (secondary N) is 1. The Labute approximate surface area is 209 Å². The topological polar surface area (TPSA) is 102 Å². The third-order valence-corrected chi connectivity index (χ3v) is 6.09. The highest BCUT2D eigenvalue weighted by Crippen LogP contribution is 2.41. The number of dihydropyridines is 1. The number of aliphatic carboxylic acids is 1. The van der Waals surface area contributed by atoms with Crippen molar-refractivity contribution in [1.29, 1.82) is 0 Å². The van der Waals surface area contributed by atoms with Crippen LogP contribution in [0, 0.1) is 0 Å². The molecule has 3 rings (SSSR count). The second-order valence-electron chi connectivity index (χ2n) is 8.86. The van der Waals surface area contributed by atoms with Gasteiger partial charge in [-0.1, -0.05) is 48.0 Å². The lowest BCUT2D eigenvalue weighted by Crippen LogP contribution is -2.36. The number of hydrogen-bond donors (Lipinski definition) is 2. The van der Waals surface area contributed by atoms with Gasteiger partial charge in [0.1, 0.15) is 5.60 Å². The molecular weight excluding hydrogens is 470 g/mol. The number of esters is 2. The predicted molar refractivity (Wildman–Crippen MR) is 132 cm³/mol. The number of carboxylic acid groups (broad SMARTS) is 1. The van der Waals surface area contributed by atoms with Crippen molar-refractivity contribution < 1.29 is 29.0 Å². The third-order valence-electron chi connectivity index (χ3n) is 5.74. The molecule has 2 aromatic carbocycles. The highest BCUT2D eigenvalue weighted by atomic mass is 35.5. The first kappa shape index (κ1) is 26.0. The van der Waals surface area contributed by atoms with Crippen LogP contribution in [0.1, 0.15) is 56.0 Å². The van der Waals surface area contributed by atoms with E-state index in [-0.39, 0.29) is 24.2 Å². The largest absolute Gasteiger partial charge is 0.478 e. The average molecular weight is 498 g/mol. The monoisotopic (exact) mass is 497 g/mol. The highest BCUT2D eigenvalue weighted by Gasteiger charge is 2.39. The van der Waals surface area contributed by atoms with Crippen molar-refractivity contribution in [2.75, 3.05) is 6.61 Å². The molecule has 0 saturated heterocycles. The first-order chi connectivity index (χ1) is 16.5. The summed E-state index contributed by atoms with van der Waals surface area (Å²) in [5.41, 5.74) is 1.01. The van der Waals surface area contributed by atoms with Crippen LogP contribution < -0.4 is 5.32 Å². The minimum Gasteiger partial charge on any atom is -0.478 e. The molecule has 0 radical (unpaired) electrons. The van der Waals surface area contributed by atoms with E-state index in [4.69, 9.17) is 21.1 Å². The number of benzene rings is 2. The number of hydrogen-bond acceptors (Lipinski definition) is 6. The van der Waals surface area contributed by atoms with Crippen molar-refractivity contribution in [2.24, 2.45) is 0 Å². The molecular formula is C27H28ClNO6. The van der Waals surface area contributed by atoms with Gasteiger partial charge < -0.3 is 19.9 Å². The molecule has 0 aliphatic carbocycles. The molecule has 0 spiro atoms. The number of halogens is 1. The van der Waals surface area contributed by atoms with E-state index in [1.54, 1.807) is 82.3 Å². The summed E-state index contributed by atoms with van der Waals surface area (Å²) >= 11 is 6.42. The fourth-order valence-corrected chi connectivity index (χ4v) is 4.22. The van der Waals surface area contributed by atoms with Gasteiger partial charge in [0.25, 0.3) is 0 Å². The van der Waals surface area contributed by atoms with Gasteiger partial charge in [0.05, 0.1) is 29.2 Å². The van der Waals surface area contributed by atoms with Gasteiger partial charge in [-0.3, -0.25) is 0 Å². The molecule has 0 fully saturated rings. The second kappa shape index (κ2) is 10.8. The van der Waals surface area contributed by atoms with E-state index in [1.165, 1.54) is 0 Å². The zero-order valence-corrected chi connectivity index (χ0v) is 20.8. The summed E-state index contributed by atoms with van der Waals surface area (Å²) < 4.78 is 11.1. The molecule has 0 aromatic heterocycles. The Balaban J connectivity index is 1.80. The molecule has 0 saturated carbocycles. The Hall–Kier alpha value is -3.58. The molecule has 1 atom stereocenters. The first-order valence-corrected chi connectivity index (χ1v) is 11.5. The Kier molecular flexibility index (Phi) is 8.02. The smallest absolute Gasteiger partial charge is 0.338 e. The maximum atomic E-state index is 13.4. The van der Waals surface area contributed by atoms with Crippen LogP contribution in [-0.4, -0.2) is 35.2 Å². The SMILES string of the molecule is CC1=C(C(=O)O)C(c2ccccc2Cl)C(C(=O)OC(C)(C)CCOC(=O)c2ccccc2)=C(C)N1. The van der Waals surface area contributed by atoms with Gasteiger partial charge in [0.2, 0.25) is 0 Å². The lowest BCUT2D eigenvalue weighted by molar-refractivity contribution is -0.153. The standard InChI is InChI=1S/C27H28ClNO6/c1-16-21(24(30)31)23(19-12-8-9-13-20(19)28)22(17(2)29-16)26(33)35-27(3,4)14-15-34-25(32)18-10-6-5-7-11-18/h5-13,23,29H,14-15H2,1-4H3,(H,30,31). The van der Waals surface area contributed by atoms with Crippen LogP contribution in [0.4, 0.5) is 0 Å². The lowest BCUT2D eigenvalue weighted by atomic mass is 9.80. The second-order valence-corrected chi connectivity index (χ2v) is 9.27. The minimum atomic E-state index is -1.16. The molecule has 8 heteroatoms. The maximum absolute atomic E-state index is 13.4. The highest BCUT2D eigenvalue weighted by molar-refractivity contribution is 6.31. The lowest BCUT2D eigenvalue weighted by Gasteiger charge is -2.32. The van der Waals surface area contributed by atoms with Gasteiger partial charge in [0, 0.05) is 22.8 Å². The van der Waals surface area contributed by atoms with E-state index < -0.39 is 29.4 Å². The fraction of sp³-hybridized carbons (Fsp3) is 0.296. The van der Waals surface area contributed by atoms with Gasteiger partial charge >= 0.3 is 17.9 Å². The molecule has 0 bridgehead atoms. The van der Waals surface area contributed by atoms with E-state index in [9.17, 15) is 19.5 Å². The van der Waals surface area contributed by atoms with Crippen molar-refractivity contribution in [1.82, 2.24) is 5.32 Å². The zero-order valence-electron chi connectivity index (χ0n) is 20.1. The number of carbonyl (C=O) groups excluding carboxylic acids is 2.